The smallest absolute Gasteiger partial charge is 0.0490 e. The molecule has 3 heteroatoms. The van der Waals surface area contributed by atoms with E-state index in [1.807, 2.05) is 6.20 Å². The van der Waals surface area contributed by atoms with Crippen molar-refractivity contribution in [2.24, 2.45) is 5.92 Å². The van der Waals surface area contributed by atoms with Gasteiger partial charge in [-0.3, -0.25) is 5.10 Å². The number of nitrogens with one attached hydrogen (secondary N) is 2. The van der Waals surface area contributed by atoms with E-state index in [0.29, 0.717) is 0 Å². The van der Waals surface area contributed by atoms with Crippen LogP contribution in [0.4, 0.5) is 0 Å². The Bertz CT molecular complexity index is 212. The van der Waals surface area contributed by atoms with Crippen molar-refractivity contribution in [1.82, 2.24) is 15.5 Å². The maximum Gasteiger partial charge on any atom is 0.0490 e. The number of hydrogen-bond donors (Lipinski definition) is 2. The molecule has 0 bridgehead atoms. The molecule has 1 aliphatic heterocycles. The molecule has 0 aliphatic carbocycles. The maximum absolute atomic E-state index is 3.94. The van der Waals surface area contributed by atoms with Crippen LogP contribution in [0, 0.1) is 5.92 Å². The second kappa shape index (κ2) is 3.72. The minimum atomic E-state index is 0.805. The number of nitrogens with zero attached hydrogens (tertiary/aromatic N) is 1. The molecular formula is C9H15N3. The summed E-state index contributed by atoms with van der Waals surface area (Å²) < 4.78 is 0. The Hall–Kier alpha value is -0.830. The van der Waals surface area contributed by atoms with Crippen LogP contribution in [-0.4, -0.2) is 23.3 Å². The van der Waals surface area contributed by atoms with Crippen LogP contribution < -0.4 is 5.32 Å². The Morgan fingerprint density at radius 1 is 1.58 bits per heavy atom. The molecule has 0 radical (unpaired) electrons. The summed E-state index contributed by atoms with van der Waals surface area (Å²) in [4.78, 5) is 0. The van der Waals surface area contributed by atoms with Crippen LogP contribution in [-0.2, 0) is 6.42 Å². The highest BCUT2D eigenvalue weighted by Crippen LogP contribution is 2.14. The summed E-state index contributed by atoms with van der Waals surface area (Å²) in [5.41, 5.74) is 1.27. The first kappa shape index (κ1) is 7.80. The van der Waals surface area contributed by atoms with Gasteiger partial charge in [0, 0.05) is 11.9 Å². The molecule has 0 saturated carbocycles. The predicted molar refractivity (Wildman–Crippen MR) is 47.9 cm³/mol. The zero-order valence-electron chi connectivity index (χ0n) is 7.21. The monoisotopic (exact) mass is 165 g/mol. The molecule has 2 N–H and O–H groups in total. The van der Waals surface area contributed by atoms with Gasteiger partial charge in [0.25, 0.3) is 0 Å². The van der Waals surface area contributed by atoms with Gasteiger partial charge in [-0.15, -0.1) is 0 Å². The van der Waals surface area contributed by atoms with Crippen LogP contribution in [0.3, 0.4) is 0 Å². The largest absolute Gasteiger partial charge is 0.316 e. The summed E-state index contributed by atoms with van der Waals surface area (Å²) >= 11 is 0. The SMILES string of the molecule is c1cc(CC2CCCNC2)[nH]n1. The van der Waals surface area contributed by atoms with Gasteiger partial charge in [-0.25, -0.2) is 0 Å². The third-order valence-corrected chi connectivity index (χ3v) is 2.47. The Morgan fingerprint density at radius 2 is 2.58 bits per heavy atom. The van der Waals surface area contributed by atoms with Crippen LogP contribution >= 0.6 is 0 Å². The fourth-order valence-electron chi connectivity index (χ4n) is 1.81. The lowest BCUT2D eigenvalue weighted by molar-refractivity contribution is 0.373. The van der Waals surface area contributed by atoms with Gasteiger partial charge in [-0.05, 0) is 44.3 Å². The third-order valence-electron chi connectivity index (χ3n) is 2.47. The summed E-state index contributed by atoms with van der Waals surface area (Å²) in [5, 5.41) is 10.4. The van der Waals surface area contributed by atoms with Crippen molar-refractivity contribution in [1.29, 1.82) is 0 Å². The first-order valence-electron chi connectivity index (χ1n) is 4.64. The molecule has 3 nitrogen and oxygen atoms in total. The Kier molecular flexibility index (Phi) is 2.42. The molecule has 1 atom stereocenters. The summed E-state index contributed by atoms with van der Waals surface area (Å²) in [5.74, 6) is 0.805. The van der Waals surface area contributed by atoms with Crippen molar-refractivity contribution in [3.05, 3.63) is 18.0 Å². The number of rotatable bonds is 2. The number of piperidine rings is 1. The standard InChI is InChI=1S/C9H15N3/c1-2-8(7-10-4-1)6-9-3-5-11-12-9/h3,5,8,10H,1-2,4,6-7H2,(H,11,12). The Balaban J connectivity index is 1.86. The predicted octanol–water partition coefficient (Wildman–Crippen LogP) is 0.952. The summed E-state index contributed by atoms with van der Waals surface area (Å²) in [6.07, 6.45) is 5.64. The van der Waals surface area contributed by atoms with Gasteiger partial charge in [0.2, 0.25) is 0 Å². The van der Waals surface area contributed by atoms with E-state index in [1.165, 1.54) is 31.6 Å². The lowest BCUT2D eigenvalue weighted by atomic mass is 9.95. The highest BCUT2D eigenvalue weighted by Gasteiger charge is 2.13. The van der Waals surface area contributed by atoms with Crippen LogP contribution in [0.15, 0.2) is 12.3 Å². The molecule has 2 rings (SSSR count). The molecule has 2 heterocycles. The van der Waals surface area contributed by atoms with E-state index in [9.17, 15) is 0 Å². The van der Waals surface area contributed by atoms with E-state index in [2.05, 4.69) is 21.6 Å². The molecule has 1 saturated heterocycles. The number of aromatic amines is 1. The van der Waals surface area contributed by atoms with Gasteiger partial charge < -0.3 is 5.32 Å². The first-order chi connectivity index (χ1) is 5.95. The lowest BCUT2D eigenvalue weighted by Crippen LogP contribution is -2.30. The second-order valence-corrected chi connectivity index (χ2v) is 3.50. The van der Waals surface area contributed by atoms with Crippen molar-refractivity contribution in [3.8, 4) is 0 Å². The minimum Gasteiger partial charge on any atom is -0.316 e. The van der Waals surface area contributed by atoms with Crippen molar-refractivity contribution < 1.29 is 0 Å². The average Bonchev–Trinajstić information content (AvgIpc) is 2.59. The quantitative estimate of drug-likeness (QED) is 0.685. The average molecular weight is 165 g/mol. The highest BCUT2D eigenvalue weighted by molar-refractivity contribution is 4.99. The van der Waals surface area contributed by atoms with Gasteiger partial charge in [-0.1, -0.05) is 0 Å². The number of hydrogen-bond acceptors (Lipinski definition) is 2. The summed E-state index contributed by atoms with van der Waals surface area (Å²) in [6, 6.07) is 2.06. The van der Waals surface area contributed by atoms with Crippen molar-refractivity contribution in [3.63, 3.8) is 0 Å². The zero-order chi connectivity index (χ0) is 8.23. The van der Waals surface area contributed by atoms with Crippen molar-refractivity contribution >= 4 is 0 Å². The second-order valence-electron chi connectivity index (χ2n) is 3.50. The number of aromatic nitrogens is 2. The van der Waals surface area contributed by atoms with Gasteiger partial charge in [-0.2, -0.15) is 5.10 Å². The van der Waals surface area contributed by atoms with Crippen LogP contribution in [0.25, 0.3) is 0 Å². The van der Waals surface area contributed by atoms with E-state index in [1.54, 1.807) is 0 Å². The zero-order valence-corrected chi connectivity index (χ0v) is 7.21. The Morgan fingerprint density at radius 3 is 3.25 bits per heavy atom. The number of H-pyrrole nitrogens is 1. The summed E-state index contributed by atoms with van der Waals surface area (Å²) in [6.45, 7) is 2.36. The van der Waals surface area contributed by atoms with E-state index in [4.69, 9.17) is 0 Å². The van der Waals surface area contributed by atoms with Crippen LogP contribution in [0.2, 0.25) is 0 Å². The Labute approximate surface area is 72.6 Å². The molecule has 0 aromatic carbocycles. The molecule has 1 aliphatic rings. The topological polar surface area (TPSA) is 40.7 Å². The molecule has 0 spiro atoms. The fourth-order valence-corrected chi connectivity index (χ4v) is 1.81. The van der Waals surface area contributed by atoms with E-state index < -0.39 is 0 Å². The van der Waals surface area contributed by atoms with Crippen LogP contribution in [0.5, 0.6) is 0 Å². The lowest BCUT2D eigenvalue weighted by Gasteiger charge is -2.21. The van der Waals surface area contributed by atoms with Crippen molar-refractivity contribution in [2.45, 2.75) is 19.3 Å². The molecule has 0 amide bonds. The van der Waals surface area contributed by atoms with Gasteiger partial charge in [0.15, 0.2) is 0 Å². The fraction of sp³-hybridized carbons (Fsp3) is 0.667. The normalized spacial score (nSPS) is 24.2. The summed E-state index contributed by atoms with van der Waals surface area (Å²) in [7, 11) is 0. The molecule has 66 valence electrons. The van der Waals surface area contributed by atoms with Gasteiger partial charge in [0.1, 0.15) is 0 Å². The molecule has 1 fully saturated rings. The van der Waals surface area contributed by atoms with Gasteiger partial charge >= 0.3 is 0 Å². The molecule has 1 unspecified atom stereocenters. The molecule has 12 heavy (non-hydrogen) atoms. The molecular weight excluding hydrogens is 150 g/mol. The van der Waals surface area contributed by atoms with Crippen molar-refractivity contribution in [2.75, 3.05) is 13.1 Å². The highest BCUT2D eigenvalue weighted by atomic mass is 15.1. The van der Waals surface area contributed by atoms with Crippen LogP contribution in [0.1, 0.15) is 18.5 Å². The first-order valence-corrected chi connectivity index (χ1v) is 4.64. The van der Waals surface area contributed by atoms with E-state index >= 15 is 0 Å². The third kappa shape index (κ3) is 1.85. The minimum absolute atomic E-state index is 0.805. The van der Waals surface area contributed by atoms with E-state index in [0.717, 1.165) is 12.3 Å². The molecule has 1 aromatic heterocycles. The van der Waals surface area contributed by atoms with E-state index in [-0.39, 0.29) is 0 Å². The van der Waals surface area contributed by atoms with Gasteiger partial charge in [0.05, 0.1) is 0 Å². The maximum atomic E-state index is 3.94. The molecule has 1 aromatic rings.